The summed E-state index contributed by atoms with van der Waals surface area (Å²) in [6.07, 6.45) is 3.10. The quantitative estimate of drug-likeness (QED) is 0.806. The van der Waals surface area contributed by atoms with Gasteiger partial charge in [-0.25, -0.2) is 9.78 Å². The maximum Gasteiger partial charge on any atom is 0.316 e. The number of aromatic nitrogens is 1. The molecule has 2 amide bonds. The lowest BCUT2D eigenvalue weighted by molar-refractivity contribution is 0.218. The summed E-state index contributed by atoms with van der Waals surface area (Å²) in [7, 11) is 3.39. The van der Waals surface area contributed by atoms with Gasteiger partial charge in [0.25, 0.3) is 0 Å². The smallest absolute Gasteiger partial charge is 0.316 e. The molecule has 0 fully saturated rings. The maximum absolute atomic E-state index is 11.3. The van der Waals surface area contributed by atoms with Crippen LogP contribution in [0.3, 0.4) is 0 Å². The number of aryl methyl sites for hydroxylation is 2. The standard InChI is InChI=1S/C14H19N5O/c1-19(2)14(20)17-7-6-16-13-11(9-15)8-10-4-3-5-12(10)18-13/h8H,3-7H2,1-2H3,(H,16,18)(H,17,20). The van der Waals surface area contributed by atoms with Gasteiger partial charge in [-0.05, 0) is 30.9 Å². The first-order chi connectivity index (χ1) is 9.61. The summed E-state index contributed by atoms with van der Waals surface area (Å²) < 4.78 is 0. The molecule has 106 valence electrons. The molecule has 0 saturated heterocycles. The van der Waals surface area contributed by atoms with Crippen LogP contribution in [0.2, 0.25) is 0 Å². The van der Waals surface area contributed by atoms with Crippen LogP contribution in [-0.2, 0) is 12.8 Å². The molecule has 1 aliphatic rings. The van der Waals surface area contributed by atoms with Gasteiger partial charge in [-0.1, -0.05) is 0 Å². The van der Waals surface area contributed by atoms with E-state index in [2.05, 4.69) is 21.7 Å². The predicted molar refractivity (Wildman–Crippen MR) is 76.6 cm³/mol. The molecular formula is C14H19N5O. The van der Waals surface area contributed by atoms with Gasteiger partial charge in [-0.3, -0.25) is 0 Å². The first-order valence-electron chi connectivity index (χ1n) is 6.73. The molecule has 0 spiro atoms. The number of nitrogens with zero attached hydrogens (tertiary/aromatic N) is 3. The number of rotatable bonds is 4. The minimum atomic E-state index is -0.130. The highest BCUT2D eigenvalue weighted by Crippen LogP contribution is 2.24. The normalized spacial score (nSPS) is 12.4. The molecule has 2 N–H and O–H groups in total. The Morgan fingerprint density at radius 2 is 2.25 bits per heavy atom. The highest BCUT2D eigenvalue weighted by Gasteiger charge is 2.16. The van der Waals surface area contributed by atoms with Crippen molar-refractivity contribution in [2.24, 2.45) is 0 Å². The van der Waals surface area contributed by atoms with Crippen molar-refractivity contribution >= 4 is 11.8 Å². The van der Waals surface area contributed by atoms with E-state index in [1.165, 1.54) is 10.5 Å². The summed E-state index contributed by atoms with van der Waals surface area (Å²) in [5.41, 5.74) is 2.85. The molecule has 0 aromatic carbocycles. The number of fused-ring (bicyclic) bond motifs is 1. The van der Waals surface area contributed by atoms with Crippen LogP contribution in [0.5, 0.6) is 0 Å². The SMILES string of the molecule is CN(C)C(=O)NCCNc1nc2c(cc1C#N)CCC2. The van der Waals surface area contributed by atoms with Crippen LogP contribution in [0.15, 0.2) is 6.07 Å². The molecule has 1 aromatic rings. The Balaban J connectivity index is 1.93. The zero-order valence-electron chi connectivity index (χ0n) is 11.9. The molecular weight excluding hydrogens is 254 g/mol. The second kappa shape index (κ2) is 6.24. The van der Waals surface area contributed by atoms with E-state index in [9.17, 15) is 4.79 Å². The second-order valence-corrected chi connectivity index (χ2v) is 5.01. The van der Waals surface area contributed by atoms with Gasteiger partial charge in [0.1, 0.15) is 11.9 Å². The third-order valence-electron chi connectivity index (χ3n) is 3.27. The molecule has 0 unspecified atom stereocenters. The minimum Gasteiger partial charge on any atom is -0.367 e. The lowest BCUT2D eigenvalue weighted by atomic mass is 10.1. The fraction of sp³-hybridized carbons (Fsp3) is 0.500. The van der Waals surface area contributed by atoms with E-state index in [4.69, 9.17) is 5.26 Å². The average Bonchev–Trinajstić information content (AvgIpc) is 2.89. The third-order valence-corrected chi connectivity index (χ3v) is 3.27. The van der Waals surface area contributed by atoms with Crippen LogP contribution in [0.4, 0.5) is 10.6 Å². The molecule has 6 heteroatoms. The largest absolute Gasteiger partial charge is 0.367 e. The molecule has 2 rings (SSSR count). The summed E-state index contributed by atoms with van der Waals surface area (Å²) in [4.78, 5) is 17.3. The van der Waals surface area contributed by atoms with Crippen molar-refractivity contribution < 1.29 is 4.79 Å². The molecule has 1 aliphatic carbocycles. The molecule has 20 heavy (non-hydrogen) atoms. The van der Waals surface area contributed by atoms with Crippen LogP contribution in [0.25, 0.3) is 0 Å². The van der Waals surface area contributed by atoms with Crippen LogP contribution < -0.4 is 10.6 Å². The van der Waals surface area contributed by atoms with Gasteiger partial charge in [0.05, 0.1) is 5.56 Å². The Morgan fingerprint density at radius 3 is 2.95 bits per heavy atom. The van der Waals surface area contributed by atoms with Gasteiger partial charge in [-0.2, -0.15) is 5.26 Å². The Bertz CT molecular complexity index is 547. The summed E-state index contributed by atoms with van der Waals surface area (Å²) in [6.45, 7) is 1.03. The minimum absolute atomic E-state index is 0.130. The number of pyridine rings is 1. The number of nitriles is 1. The van der Waals surface area contributed by atoms with Crippen molar-refractivity contribution in [3.8, 4) is 6.07 Å². The number of hydrogen-bond donors (Lipinski definition) is 2. The third kappa shape index (κ3) is 3.18. The van der Waals surface area contributed by atoms with Crippen molar-refractivity contribution in [3.05, 3.63) is 22.9 Å². The predicted octanol–water partition coefficient (Wildman–Crippen LogP) is 1.13. The van der Waals surface area contributed by atoms with Crippen LogP contribution in [0, 0.1) is 11.3 Å². The zero-order valence-corrected chi connectivity index (χ0v) is 11.9. The van der Waals surface area contributed by atoms with Gasteiger partial charge in [0.15, 0.2) is 0 Å². The number of hydrogen-bond acceptors (Lipinski definition) is 4. The average molecular weight is 273 g/mol. The zero-order chi connectivity index (χ0) is 14.5. The van der Waals surface area contributed by atoms with E-state index in [1.54, 1.807) is 14.1 Å². The summed E-state index contributed by atoms with van der Waals surface area (Å²) in [5.74, 6) is 0.618. The molecule has 6 nitrogen and oxygen atoms in total. The van der Waals surface area contributed by atoms with Crippen LogP contribution in [-0.4, -0.2) is 43.1 Å². The number of urea groups is 1. The highest BCUT2D eigenvalue weighted by atomic mass is 16.2. The van der Waals surface area contributed by atoms with Crippen molar-refractivity contribution in [3.63, 3.8) is 0 Å². The topological polar surface area (TPSA) is 81.1 Å². The molecule has 0 bridgehead atoms. The Morgan fingerprint density at radius 1 is 1.45 bits per heavy atom. The lowest BCUT2D eigenvalue weighted by Crippen LogP contribution is -2.37. The number of amides is 2. The van der Waals surface area contributed by atoms with Gasteiger partial charge in [0, 0.05) is 32.9 Å². The fourth-order valence-electron chi connectivity index (χ4n) is 2.20. The first-order valence-corrected chi connectivity index (χ1v) is 6.73. The van der Waals surface area contributed by atoms with E-state index in [0.29, 0.717) is 24.5 Å². The molecule has 1 aromatic heterocycles. The van der Waals surface area contributed by atoms with Crippen LogP contribution >= 0.6 is 0 Å². The molecule has 0 atom stereocenters. The van der Waals surface area contributed by atoms with E-state index < -0.39 is 0 Å². The first kappa shape index (κ1) is 14.1. The summed E-state index contributed by atoms with van der Waals surface area (Å²) >= 11 is 0. The van der Waals surface area contributed by atoms with Gasteiger partial charge in [-0.15, -0.1) is 0 Å². The van der Waals surface area contributed by atoms with E-state index in [1.807, 2.05) is 6.07 Å². The molecule has 1 heterocycles. The Hall–Kier alpha value is -2.29. The van der Waals surface area contributed by atoms with Gasteiger partial charge >= 0.3 is 6.03 Å². The monoisotopic (exact) mass is 273 g/mol. The van der Waals surface area contributed by atoms with E-state index >= 15 is 0 Å². The number of carbonyl (C=O) groups excluding carboxylic acids is 1. The van der Waals surface area contributed by atoms with Gasteiger partial charge in [0.2, 0.25) is 0 Å². The van der Waals surface area contributed by atoms with Crippen molar-refractivity contribution in [2.45, 2.75) is 19.3 Å². The number of anilines is 1. The number of carbonyl (C=O) groups is 1. The summed E-state index contributed by atoms with van der Waals surface area (Å²) in [6, 6.07) is 3.97. The maximum atomic E-state index is 11.3. The van der Waals surface area contributed by atoms with E-state index in [-0.39, 0.29) is 6.03 Å². The van der Waals surface area contributed by atoms with Gasteiger partial charge < -0.3 is 15.5 Å². The Kier molecular flexibility index (Phi) is 4.41. The van der Waals surface area contributed by atoms with Crippen molar-refractivity contribution in [1.82, 2.24) is 15.2 Å². The second-order valence-electron chi connectivity index (χ2n) is 5.01. The highest BCUT2D eigenvalue weighted by molar-refractivity contribution is 5.73. The van der Waals surface area contributed by atoms with Crippen molar-refractivity contribution in [2.75, 3.05) is 32.5 Å². The molecule has 0 aliphatic heterocycles. The van der Waals surface area contributed by atoms with Crippen LogP contribution in [0.1, 0.15) is 23.2 Å². The van der Waals surface area contributed by atoms with E-state index in [0.717, 1.165) is 25.0 Å². The van der Waals surface area contributed by atoms with Crippen molar-refractivity contribution in [1.29, 1.82) is 5.26 Å². The number of nitrogens with one attached hydrogen (secondary N) is 2. The molecule has 0 saturated carbocycles. The fourth-order valence-corrected chi connectivity index (χ4v) is 2.20. The summed E-state index contributed by atoms with van der Waals surface area (Å²) in [5, 5.41) is 15.0. The molecule has 0 radical (unpaired) electrons. The lowest BCUT2D eigenvalue weighted by Gasteiger charge is -2.13. The Labute approximate surface area is 118 Å².